The molecule has 3 aromatic rings. The highest BCUT2D eigenvalue weighted by molar-refractivity contribution is 5.40. The zero-order chi connectivity index (χ0) is 30.0. The summed E-state index contributed by atoms with van der Waals surface area (Å²) in [5.74, 6) is -4.32. The molecule has 0 heterocycles. The van der Waals surface area contributed by atoms with Crippen molar-refractivity contribution in [3.05, 3.63) is 104 Å². The number of rotatable bonds is 8. The molecule has 0 aromatic heterocycles. The predicted molar refractivity (Wildman–Crippen MR) is 150 cm³/mol. The van der Waals surface area contributed by atoms with Crippen molar-refractivity contribution in [1.29, 1.82) is 5.26 Å². The molecule has 0 amide bonds. The van der Waals surface area contributed by atoms with Gasteiger partial charge in [0.2, 0.25) is 0 Å². The summed E-state index contributed by atoms with van der Waals surface area (Å²) in [4.78, 5) is 0. The Kier molecular flexibility index (Phi) is 9.30. The van der Waals surface area contributed by atoms with Crippen LogP contribution in [0.2, 0.25) is 0 Å². The molecular formula is C35H35F6N. The van der Waals surface area contributed by atoms with Gasteiger partial charge in [0.05, 0.1) is 0 Å². The van der Waals surface area contributed by atoms with Gasteiger partial charge in [0, 0.05) is 11.1 Å². The van der Waals surface area contributed by atoms with Crippen molar-refractivity contribution in [2.45, 2.75) is 95.8 Å². The van der Waals surface area contributed by atoms with Crippen molar-refractivity contribution in [1.82, 2.24) is 0 Å². The Balaban J connectivity index is 1.24. The van der Waals surface area contributed by atoms with E-state index in [0.717, 1.165) is 12.8 Å². The Labute approximate surface area is 243 Å². The molecule has 1 saturated carbocycles. The van der Waals surface area contributed by atoms with Crippen LogP contribution in [0.25, 0.3) is 0 Å². The molecule has 0 bridgehead atoms. The maximum Gasteiger partial charge on any atom is 0.144 e. The first-order valence-electron chi connectivity index (χ1n) is 15.1. The zero-order valence-electron chi connectivity index (χ0n) is 23.8. The van der Waals surface area contributed by atoms with E-state index >= 15 is 8.78 Å². The fourth-order valence-corrected chi connectivity index (χ4v) is 6.98. The normalized spacial score (nSPS) is 20.3. The van der Waals surface area contributed by atoms with Crippen molar-refractivity contribution < 1.29 is 26.3 Å². The average molecular weight is 584 g/mol. The Morgan fingerprint density at radius 1 is 0.762 bits per heavy atom. The fraction of sp³-hybridized carbons (Fsp3) is 0.457. The van der Waals surface area contributed by atoms with Crippen LogP contribution < -0.4 is 0 Å². The second kappa shape index (κ2) is 12.9. The van der Waals surface area contributed by atoms with Crippen LogP contribution in [0.1, 0.15) is 109 Å². The monoisotopic (exact) mass is 583 g/mol. The number of hydrogen-bond acceptors (Lipinski definition) is 1. The highest BCUT2D eigenvalue weighted by Crippen LogP contribution is 2.44. The smallest absolute Gasteiger partial charge is 0.144 e. The van der Waals surface area contributed by atoms with Crippen molar-refractivity contribution in [2.75, 3.05) is 0 Å². The van der Waals surface area contributed by atoms with Crippen molar-refractivity contribution in [2.24, 2.45) is 5.92 Å². The van der Waals surface area contributed by atoms with E-state index in [-0.39, 0.29) is 35.3 Å². The maximum absolute atomic E-state index is 15.7. The number of aryl methyl sites for hydroxylation is 1. The van der Waals surface area contributed by atoms with Crippen LogP contribution in [0.4, 0.5) is 26.3 Å². The summed E-state index contributed by atoms with van der Waals surface area (Å²) in [6.07, 6.45) is 6.83. The molecule has 0 radical (unpaired) electrons. The van der Waals surface area contributed by atoms with Crippen molar-refractivity contribution in [3.8, 4) is 6.07 Å². The Morgan fingerprint density at radius 2 is 1.40 bits per heavy atom. The highest BCUT2D eigenvalue weighted by atomic mass is 19.2. The Hall–Kier alpha value is -3.27. The zero-order valence-corrected chi connectivity index (χ0v) is 23.8. The Bertz CT molecular complexity index is 1450. The minimum Gasteiger partial charge on any atom is -0.207 e. The summed E-state index contributed by atoms with van der Waals surface area (Å²) in [6.45, 7) is 2.03. The number of unbranched alkanes of at least 4 members (excludes halogenated alkanes) is 1. The first-order chi connectivity index (χ1) is 20.2. The molecule has 0 aliphatic heterocycles. The molecular weight excluding hydrogens is 548 g/mol. The lowest BCUT2D eigenvalue weighted by atomic mass is 9.74. The average Bonchev–Trinajstić information content (AvgIpc) is 2.95. The van der Waals surface area contributed by atoms with Crippen molar-refractivity contribution in [3.63, 3.8) is 0 Å². The molecule has 1 fully saturated rings. The number of halogens is 6. The van der Waals surface area contributed by atoms with Crippen LogP contribution in [0.3, 0.4) is 0 Å². The van der Waals surface area contributed by atoms with Gasteiger partial charge in [-0.3, -0.25) is 0 Å². The molecule has 1 atom stereocenters. The van der Waals surface area contributed by atoms with Crippen LogP contribution in [0.5, 0.6) is 0 Å². The van der Waals surface area contributed by atoms with Gasteiger partial charge in [-0.05, 0) is 141 Å². The van der Waals surface area contributed by atoms with Crippen LogP contribution >= 0.6 is 0 Å². The number of fused-ring (bicyclic) bond motifs is 1. The van der Waals surface area contributed by atoms with Gasteiger partial charge >= 0.3 is 0 Å². The predicted octanol–water partition coefficient (Wildman–Crippen LogP) is 9.91. The van der Waals surface area contributed by atoms with Gasteiger partial charge in [0.1, 0.15) is 46.5 Å². The summed E-state index contributed by atoms with van der Waals surface area (Å²) in [6, 6.07) is 8.18. The molecule has 0 saturated heterocycles. The summed E-state index contributed by atoms with van der Waals surface area (Å²) in [7, 11) is 0. The number of benzene rings is 3. The van der Waals surface area contributed by atoms with E-state index in [4.69, 9.17) is 5.26 Å². The third-order valence-corrected chi connectivity index (χ3v) is 9.36. The second-order valence-corrected chi connectivity index (χ2v) is 12.0. The van der Waals surface area contributed by atoms with E-state index in [2.05, 4.69) is 0 Å². The molecule has 7 heteroatoms. The molecule has 2 aliphatic carbocycles. The lowest BCUT2D eigenvalue weighted by Crippen LogP contribution is -2.21. The molecule has 1 nitrogen and oxygen atoms in total. The number of nitriles is 1. The summed E-state index contributed by atoms with van der Waals surface area (Å²) >= 11 is 0. The molecule has 0 spiro atoms. The van der Waals surface area contributed by atoms with E-state index in [1.165, 1.54) is 36.4 Å². The van der Waals surface area contributed by atoms with E-state index in [1.807, 2.05) is 6.92 Å². The fourth-order valence-electron chi connectivity index (χ4n) is 6.98. The minimum atomic E-state index is -0.893. The molecule has 2 aliphatic rings. The van der Waals surface area contributed by atoms with Gasteiger partial charge in [0.25, 0.3) is 0 Å². The number of nitrogens with zero attached hydrogens (tertiary/aromatic N) is 1. The van der Waals surface area contributed by atoms with Crippen LogP contribution in [-0.4, -0.2) is 0 Å². The van der Waals surface area contributed by atoms with Gasteiger partial charge < -0.3 is 0 Å². The van der Waals surface area contributed by atoms with Gasteiger partial charge in [-0.1, -0.05) is 13.3 Å². The third-order valence-electron chi connectivity index (χ3n) is 9.36. The van der Waals surface area contributed by atoms with Gasteiger partial charge in [-0.15, -0.1) is 0 Å². The summed E-state index contributed by atoms with van der Waals surface area (Å²) in [5, 5.41) is 8.91. The van der Waals surface area contributed by atoms with E-state index in [1.54, 1.807) is 0 Å². The highest BCUT2D eigenvalue weighted by Gasteiger charge is 2.32. The standard InChI is InChI=1S/C35H35F6N/c1-2-3-4-21-14-29(36)27(30(37)15-21)12-6-20-5-11-26-25(13-20)18-33(40)34(35(26)41)23-9-7-22(8-10-23)24-16-31(38)28(19-42)32(39)17-24/h14-18,20,22-23H,2-13H2,1H3. The van der Waals surface area contributed by atoms with Crippen LogP contribution in [0.15, 0.2) is 30.3 Å². The quantitative estimate of drug-likeness (QED) is 0.242. The number of hydrogen-bond donors (Lipinski definition) is 0. The first-order valence-corrected chi connectivity index (χ1v) is 15.1. The van der Waals surface area contributed by atoms with Crippen molar-refractivity contribution >= 4 is 0 Å². The molecule has 3 aromatic carbocycles. The lowest BCUT2D eigenvalue weighted by molar-refractivity contribution is 0.367. The topological polar surface area (TPSA) is 23.8 Å². The summed E-state index contributed by atoms with van der Waals surface area (Å²) < 4.78 is 88.7. The summed E-state index contributed by atoms with van der Waals surface area (Å²) in [5.41, 5.74) is 1.84. The first kappa shape index (κ1) is 30.2. The minimum absolute atomic E-state index is 0.0735. The SMILES string of the molecule is CCCCc1cc(F)c(CCC2CCc3c(cc(F)c(C4CCC(c5cc(F)c(C#N)c(F)c5)CC4)c3F)C2)c(F)c1. The molecule has 5 rings (SSSR count). The largest absolute Gasteiger partial charge is 0.207 e. The van der Waals surface area contributed by atoms with Gasteiger partial charge in [0.15, 0.2) is 0 Å². The van der Waals surface area contributed by atoms with E-state index in [9.17, 15) is 17.6 Å². The molecule has 0 N–H and O–H groups in total. The third kappa shape index (κ3) is 6.23. The van der Waals surface area contributed by atoms with E-state index in [0.29, 0.717) is 80.0 Å². The van der Waals surface area contributed by atoms with E-state index < -0.39 is 40.5 Å². The van der Waals surface area contributed by atoms with Crippen LogP contribution in [-0.2, 0) is 25.7 Å². The second-order valence-electron chi connectivity index (χ2n) is 12.0. The van der Waals surface area contributed by atoms with Gasteiger partial charge in [-0.2, -0.15) is 5.26 Å². The molecule has 222 valence electrons. The lowest BCUT2D eigenvalue weighted by Gasteiger charge is -2.32. The van der Waals surface area contributed by atoms with Crippen LogP contribution in [0, 0.1) is 52.2 Å². The van der Waals surface area contributed by atoms with Gasteiger partial charge in [-0.25, -0.2) is 26.3 Å². The molecule has 1 unspecified atom stereocenters. The maximum atomic E-state index is 15.7. The Morgan fingerprint density at radius 3 is 2.02 bits per heavy atom. The molecule has 42 heavy (non-hydrogen) atoms.